The molecule has 0 saturated carbocycles. The number of hydrogen-bond donors (Lipinski definition) is 1. The summed E-state index contributed by atoms with van der Waals surface area (Å²) in [5.74, 6) is -0.319. The summed E-state index contributed by atoms with van der Waals surface area (Å²) in [6.45, 7) is 3.90. The average molecular weight is 409 g/mol. The molecule has 6 heteroatoms. The van der Waals surface area contributed by atoms with E-state index < -0.39 is 10.0 Å². The topological polar surface area (TPSA) is 66.5 Å². The van der Waals surface area contributed by atoms with E-state index in [9.17, 15) is 13.2 Å². The number of carbonyl (C=O) groups is 1. The highest BCUT2D eigenvalue weighted by molar-refractivity contribution is 7.92. The summed E-state index contributed by atoms with van der Waals surface area (Å²) in [5.41, 5.74) is 2.96. The van der Waals surface area contributed by atoms with Gasteiger partial charge in [-0.05, 0) is 55.3 Å². The van der Waals surface area contributed by atoms with Crippen LogP contribution in [0.1, 0.15) is 34.5 Å². The average Bonchev–Trinajstić information content (AvgIpc) is 2.74. The van der Waals surface area contributed by atoms with Crippen molar-refractivity contribution in [2.24, 2.45) is 0 Å². The first kappa shape index (κ1) is 20.6. The molecular formula is C23H24N2O3S. The van der Waals surface area contributed by atoms with Crippen LogP contribution in [0.3, 0.4) is 0 Å². The van der Waals surface area contributed by atoms with E-state index in [0.717, 1.165) is 11.1 Å². The molecule has 0 aliphatic carbocycles. The number of amides is 1. The number of nitrogens with zero attached hydrogens (tertiary/aromatic N) is 1. The van der Waals surface area contributed by atoms with Crippen molar-refractivity contribution < 1.29 is 13.2 Å². The van der Waals surface area contributed by atoms with Gasteiger partial charge in [0, 0.05) is 12.6 Å². The second kappa shape index (κ2) is 8.49. The Labute approximate surface area is 172 Å². The number of para-hydroxylation sites is 1. The van der Waals surface area contributed by atoms with Crippen LogP contribution >= 0.6 is 0 Å². The predicted octanol–water partition coefficient (Wildman–Crippen LogP) is 4.31. The minimum atomic E-state index is -3.78. The fourth-order valence-corrected chi connectivity index (χ4v) is 4.40. The first-order chi connectivity index (χ1) is 13.8. The second-order valence-corrected chi connectivity index (χ2v) is 8.86. The van der Waals surface area contributed by atoms with Gasteiger partial charge in [0.15, 0.2) is 0 Å². The molecule has 0 radical (unpaired) electrons. The lowest BCUT2D eigenvalue weighted by Crippen LogP contribution is -2.29. The van der Waals surface area contributed by atoms with Gasteiger partial charge in [-0.25, -0.2) is 8.42 Å². The van der Waals surface area contributed by atoms with Gasteiger partial charge in [-0.2, -0.15) is 0 Å². The van der Waals surface area contributed by atoms with Crippen LogP contribution in [0.15, 0.2) is 83.8 Å². The quantitative estimate of drug-likeness (QED) is 0.661. The van der Waals surface area contributed by atoms with Crippen molar-refractivity contribution in [3.8, 4) is 0 Å². The van der Waals surface area contributed by atoms with Crippen LogP contribution in [0.5, 0.6) is 0 Å². The highest BCUT2D eigenvalue weighted by atomic mass is 32.2. The number of rotatable bonds is 6. The number of aryl methyl sites for hydroxylation is 1. The summed E-state index contributed by atoms with van der Waals surface area (Å²) in [7, 11) is -2.28. The van der Waals surface area contributed by atoms with E-state index in [1.165, 1.54) is 23.5 Å². The molecule has 0 saturated heterocycles. The van der Waals surface area contributed by atoms with Gasteiger partial charge < -0.3 is 5.32 Å². The van der Waals surface area contributed by atoms with Gasteiger partial charge in [-0.1, -0.05) is 48.5 Å². The molecule has 0 aromatic heterocycles. The van der Waals surface area contributed by atoms with Crippen molar-refractivity contribution >= 4 is 21.6 Å². The maximum absolute atomic E-state index is 13.0. The van der Waals surface area contributed by atoms with Crippen LogP contribution in [0.2, 0.25) is 0 Å². The molecule has 1 atom stereocenters. The van der Waals surface area contributed by atoms with Crippen molar-refractivity contribution in [3.63, 3.8) is 0 Å². The van der Waals surface area contributed by atoms with E-state index in [-0.39, 0.29) is 16.8 Å². The van der Waals surface area contributed by atoms with E-state index in [1.54, 1.807) is 36.4 Å². The second-order valence-electron chi connectivity index (χ2n) is 6.89. The Morgan fingerprint density at radius 1 is 0.931 bits per heavy atom. The molecule has 3 rings (SSSR count). The molecule has 0 aliphatic heterocycles. The number of benzene rings is 3. The van der Waals surface area contributed by atoms with Gasteiger partial charge >= 0.3 is 0 Å². The molecule has 29 heavy (non-hydrogen) atoms. The summed E-state index contributed by atoms with van der Waals surface area (Å²) < 4.78 is 27.2. The number of anilines is 1. The molecule has 0 heterocycles. The summed E-state index contributed by atoms with van der Waals surface area (Å²) >= 11 is 0. The smallest absolute Gasteiger partial charge is 0.264 e. The third kappa shape index (κ3) is 4.49. The van der Waals surface area contributed by atoms with E-state index in [2.05, 4.69) is 5.32 Å². The Hall–Kier alpha value is -3.12. The zero-order valence-electron chi connectivity index (χ0n) is 16.7. The maximum Gasteiger partial charge on any atom is 0.264 e. The van der Waals surface area contributed by atoms with Gasteiger partial charge in [0.05, 0.1) is 16.6 Å². The number of carbonyl (C=O) groups excluding carboxylic acids is 1. The van der Waals surface area contributed by atoms with E-state index in [0.29, 0.717) is 11.3 Å². The van der Waals surface area contributed by atoms with Crippen LogP contribution in [-0.4, -0.2) is 21.4 Å². The Bertz CT molecular complexity index is 1110. The first-order valence-corrected chi connectivity index (χ1v) is 10.7. The molecule has 3 aromatic carbocycles. The number of hydrogen-bond acceptors (Lipinski definition) is 3. The summed E-state index contributed by atoms with van der Waals surface area (Å²) in [5, 5.41) is 2.95. The van der Waals surface area contributed by atoms with Crippen LogP contribution < -0.4 is 9.62 Å². The van der Waals surface area contributed by atoms with Gasteiger partial charge in [0.2, 0.25) is 0 Å². The van der Waals surface area contributed by atoms with Gasteiger partial charge in [0.1, 0.15) is 0 Å². The van der Waals surface area contributed by atoms with Crippen molar-refractivity contribution in [2.75, 3.05) is 11.4 Å². The minimum absolute atomic E-state index is 0.0695. The molecule has 150 valence electrons. The fourth-order valence-electron chi connectivity index (χ4n) is 3.16. The van der Waals surface area contributed by atoms with Crippen molar-refractivity contribution in [2.45, 2.75) is 24.8 Å². The first-order valence-electron chi connectivity index (χ1n) is 9.31. The Kier molecular flexibility index (Phi) is 6.03. The monoisotopic (exact) mass is 408 g/mol. The highest BCUT2D eigenvalue weighted by Gasteiger charge is 2.22. The van der Waals surface area contributed by atoms with Crippen LogP contribution in [0.4, 0.5) is 5.69 Å². The van der Waals surface area contributed by atoms with Crippen LogP contribution in [0, 0.1) is 6.92 Å². The number of nitrogens with one attached hydrogen (secondary N) is 1. The lowest BCUT2D eigenvalue weighted by Gasteiger charge is -2.20. The third-order valence-corrected chi connectivity index (χ3v) is 6.66. The molecule has 0 bridgehead atoms. The number of sulfonamides is 1. The molecule has 5 nitrogen and oxygen atoms in total. The lowest BCUT2D eigenvalue weighted by molar-refractivity contribution is 0.0939. The Morgan fingerprint density at radius 3 is 2.28 bits per heavy atom. The van der Waals surface area contributed by atoms with Gasteiger partial charge in [0.25, 0.3) is 15.9 Å². The summed E-state index contributed by atoms with van der Waals surface area (Å²) in [6.07, 6.45) is 0. The molecule has 1 amide bonds. The van der Waals surface area contributed by atoms with E-state index in [1.807, 2.05) is 44.2 Å². The molecule has 0 aliphatic rings. The maximum atomic E-state index is 13.0. The van der Waals surface area contributed by atoms with Crippen LogP contribution in [0.25, 0.3) is 0 Å². The van der Waals surface area contributed by atoms with Crippen molar-refractivity contribution in [1.29, 1.82) is 0 Å². The Balaban J connectivity index is 1.83. The SMILES string of the molecule is Cc1ccccc1[C@H](C)NC(=O)c1cccc(S(=O)(=O)N(C)c2ccccc2)c1. The highest BCUT2D eigenvalue weighted by Crippen LogP contribution is 2.23. The van der Waals surface area contributed by atoms with Crippen LogP contribution in [-0.2, 0) is 10.0 Å². The normalized spacial score (nSPS) is 12.2. The van der Waals surface area contributed by atoms with E-state index in [4.69, 9.17) is 0 Å². The molecule has 0 fully saturated rings. The predicted molar refractivity (Wildman–Crippen MR) is 116 cm³/mol. The molecule has 0 unspecified atom stereocenters. The van der Waals surface area contributed by atoms with E-state index >= 15 is 0 Å². The lowest BCUT2D eigenvalue weighted by atomic mass is 10.0. The van der Waals surface area contributed by atoms with Gasteiger partial charge in [-0.3, -0.25) is 9.10 Å². The Morgan fingerprint density at radius 2 is 1.59 bits per heavy atom. The zero-order valence-corrected chi connectivity index (χ0v) is 17.5. The fraction of sp³-hybridized carbons (Fsp3) is 0.174. The molecule has 0 spiro atoms. The standard InChI is InChI=1S/C23H24N2O3S/c1-17-10-7-8-15-22(17)18(2)24-23(26)19-11-9-14-21(16-19)29(27,28)25(3)20-12-5-4-6-13-20/h4-16,18H,1-3H3,(H,24,26)/t18-/m0/s1. The van der Waals surface area contributed by atoms with Crippen molar-refractivity contribution in [1.82, 2.24) is 5.32 Å². The van der Waals surface area contributed by atoms with Gasteiger partial charge in [-0.15, -0.1) is 0 Å². The van der Waals surface area contributed by atoms with Crippen molar-refractivity contribution in [3.05, 3.63) is 95.6 Å². The molecule has 1 N–H and O–H groups in total. The zero-order chi connectivity index (χ0) is 21.0. The molecule has 3 aromatic rings. The largest absolute Gasteiger partial charge is 0.346 e. The minimum Gasteiger partial charge on any atom is -0.346 e. The third-order valence-electron chi connectivity index (χ3n) is 4.88. The summed E-state index contributed by atoms with van der Waals surface area (Å²) in [4.78, 5) is 12.8. The molecular weight excluding hydrogens is 384 g/mol. The summed E-state index contributed by atoms with van der Waals surface area (Å²) in [6, 6.07) is 22.6.